The molecule has 1 aromatic heterocycles. The summed E-state index contributed by atoms with van der Waals surface area (Å²) >= 11 is 0. The molecule has 1 aromatic carbocycles. The van der Waals surface area contributed by atoms with Crippen LogP contribution in [0.3, 0.4) is 0 Å². The Morgan fingerprint density at radius 2 is 2.25 bits per heavy atom. The Hall–Kier alpha value is -2.34. The van der Waals surface area contributed by atoms with E-state index in [1.165, 1.54) is 0 Å². The topological polar surface area (TPSA) is 59.4 Å². The van der Waals surface area contributed by atoms with Gasteiger partial charge in [-0.05, 0) is 31.9 Å². The second-order valence-electron chi connectivity index (χ2n) is 5.98. The summed E-state index contributed by atoms with van der Waals surface area (Å²) in [7, 11) is 0. The molecule has 1 atom stereocenters. The number of likely N-dealkylation sites (N-methyl/N-ethyl adjacent to an activating group) is 1. The molecule has 3 rings (SSSR count). The fourth-order valence-corrected chi connectivity index (χ4v) is 2.92. The molecular weight excluding hydrogens is 304 g/mol. The van der Waals surface area contributed by atoms with Gasteiger partial charge in [0.2, 0.25) is 5.91 Å². The Balaban J connectivity index is 1.53. The molecule has 1 aliphatic heterocycles. The average Bonchev–Trinajstić information content (AvgIpc) is 3.26. The SMILES string of the molecule is CCN(CC(=O)Nc1cnn(C[C@H]2CCCO2)c1)c1ccccc1. The van der Waals surface area contributed by atoms with Crippen LogP contribution in [0.1, 0.15) is 19.8 Å². The van der Waals surface area contributed by atoms with Crippen LogP contribution in [0.25, 0.3) is 0 Å². The van der Waals surface area contributed by atoms with Crippen molar-refractivity contribution in [2.24, 2.45) is 0 Å². The van der Waals surface area contributed by atoms with Gasteiger partial charge in [-0.1, -0.05) is 18.2 Å². The second-order valence-corrected chi connectivity index (χ2v) is 5.98. The van der Waals surface area contributed by atoms with E-state index in [0.29, 0.717) is 6.54 Å². The predicted octanol–water partition coefficient (Wildman–Crippen LogP) is 2.53. The van der Waals surface area contributed by atoms with E-state index in [4.69, 9.17) is 4.74 Å². The number of para-hydroxylation sites is 1. The summed E-state index contributed by atoms with van der Waals surface area (Å²) in [4.78, 5) is 14.3. The lowest BCUT2D eigenvalue weighted by molar-refractivity contribution is -0.115. The summed E-state index contributed by atoms with van der Waals surface area (Å²) in [6.07, 6.45) is 5.97. The van der Waals surface area contributed by atoms with Crippen molar-refractivity contribution in [1.82, 2.24) is 9.78 Å². The van der Waals surface area contributed by atoms with E-state index in [2.05, 4.69) is 10.4 Å². The number of rotatable bonds is 7. The first kappa shape index (κ1) is 16.5. The maximum Gasteiger partial charge on any atom is 0.243 e. The van der Waals surface area contributed by atoms with Gasteiger partial charge in [-0.2, -0.15) is 5.10 Å². The zero-order chi connectivity index (χ0) is 16.8. The third-order valence-corrected chi connectivity index (χ3v) is 4.17. The first-order chi connectivity index (χ1) is 11.7. The number of benzene rings is 1. The molecule has 1 fully saturated rings. The summed E-state index contributed by atoms with van der Waals surface area (Å²) < 4.78 is 7.44. The quantitative estimate of drug-likeness (QED) is 0.848. The van der Waals surface area contributed by atoms with Crippen LogP contribution in [0.5, 0.6) is 0 Å². The lowest BCUT2D eigenvalue weighted by atomic mass is 10.2. The highest BCUT2D eigenvalue weighted by molar-refractivity contribution is 5.93. The number of nitrogens with zero attached hydrogens (tertiary/aromatic N) is 3. The molecule has 1 aliphatic rings. The first-order valence-electron chi connectivity index (χ1n) is 8.48. The molecular formula is C18H24N4O2. The van der Waals surface area contributed by atoms with Gasteiger partial charge in [0.05, 0.1) is 31.1 Å². The third-order valence-electron chi connectivity index (χ3n) is 4.17. The molecule has 0 spiro atoms. The Morgan fingerprint density at radius 1 is 1.42 bits per heavy atom. The van der Waals surface area contributed by atoms with E-state index in [0.717, 1.165) is 43.9 Å². The number of nitrogens with one attached hydrogen (secondary N) is 1. The number of carbonyl (C=O) groups is 1. The maximum absolute atomic E-state index is 12.3. The zero-order valence-electron chi connectivity index (χ0n) is 14.0. The molecule has 128 valence electrons. The number of hydrogen-bond donors (Lipinski definition) is 1. The molecule has 6 nitrogen and oxygen atoms in total. The molecule has 2 heterocycles. The fourth-order valence-electron chi connectivity index (χ4n) is 2.92. The number of amides is 1. The van der Waals surface area contributed by atoms with Crippen molar-refractivity contribution in [2.75, 3.05) is 29.9 Å². The highest BCUT2D eigenvalue weighted by Gasteiger charge is 2.17. The Labute approximate surface area is 142 Å². The van der Waals surface area contributed by atoms with E-state index >= 15 is 0 Å². The van der Waals surface area contributed by atoms with Gasteiger partial charge in [0.25, 0.3) is 0 Å². The Kier molecular flexibility index (Phi) is 5.48. The summed E-state index contributed by atoms with van der Waals surface area (Å²) in [5.74, 6) is -0.0441. The van der Waals surface area contributed by atoms with Crippen molar-refractivity contribution in [3.63, 3.8) is 0 Å². The second kappa shape index (κ2) is 7.97. The number of carbonyl (C=O) groups excluding carboxylic acids is 1. The highest BCUT2D eigenvalue weighted by atomic mass is 16.5. The third kappa shape index (κ3) is 4.35. The van der Waals surface area contributed by atoms with Crippen LogP contribution in [0.15, 0.2) is 42.7 Å². The molecule has 1 saturated heterocycles. The van der Waals surface area contributed by atoms with E-state index in [1.807, 2.05) is 53.0 Å². The van der Waals surface area contributed by atoms with Crippen LogP contribution in [0.2, 0.25) is 0 Å². The van der Waals surface area contributed by atoms with Crippen LogP contribution in [0.4, 0.5) is 11.4 Å². The zero-order valence-corrected chi connectivity index (χ0v) is 14.0. The molecule has 0 saturated carbocycles. The lowest BCUT2D eigenvalue weighted by Crippen LogP contribution is -2.33. The molecule has 0 radical (unpaired) electrons. The smallest absolute Gasteiger partial charge is 0.243 e. The van der Waals surface area contributed by atoms with Crippen molar-refractivity contribution in [1.29, 1.82) is 0 Å². The fraction of sp³-hybridized carbons (Fsp3) is 0.444. The van der Waals surface area contributed by atoms with Crippen LogP contribution in [-0.4, -0.2) is 41.5 Å². The van der Waals surface area contributed by atoms with Gasteiger partial charge in [-0.3, -0.25) is 9.48 Å². The molecule has 1 N–H and O–H groups in total. The molecule has 1 amide bonds. The minimum absolute atomic E-state index is 0.0441. The van der Waals surface area contributed by atoms with Gasteiger partial charge in [0.15, 0.2) is 0 Å². The molecule has 6 heteroatoms. The van der Waals surface area contributed by atoms with Crippen molar-refractivity contribution >= 4 is 17.3 Å². The maximum atomic E-state index is 12.3. The summed E-state index contributed by atoms with van der Waals surface area (Å²) in [5.41, 5.74) is 1.77. The van der Waals surface area contributed by atoms with Gasteiger partial charge in [0, 0.05) is 25.0 Å². The van der Waals surface area contributed by atoms with Gasteiger partial charge in [-0.15, -0.1) is 0 Å². The van der Waals surface area contributed by atoms with Gasteiger partial charge in [0.1, 0.15) is 0 Å². The standard InChI is InChI=1S/C18H24N4O2/c1-2-21(16-7-4-3-5-8-16)14-18(23)20-15-11-19-22(12-15)13-17-9-6-10-24-17/h3-5,7-8,11-12,17H,2,6,9-10,13-14H2,1H3,(H,20,23)/t17-/m1/s1. The Morgan fingerprint density at radius 3 is 2.96 bits per heavy atom. The normalized spacial score (nSPS) is 17.0. The Bertz CT molecular complexity index is 650. The number of hydrogen-bond acceptors (Lipinski definition) is 4. The van der Waals surface area contributed by atoms with Gasteiger partial charge >= 0.3 is 0 Å². The van der Waals surface area contributed by atoms with Gasteiger partial charge in [-0.25, -0.2) is 0 Å². The van der Waals surface area contributed by atoms with Crippen molar-refractivity contribution in [3.05, 3.63) is 42.7 Å². The first-order valence-corrected chi connectivity index (χ1v) is 8.48. The molecule has 0 bridgehead atoms. The number of ether oxygens (including phenoxy) is 1. The summed E-state index contributed by atoms with van der Waals surface area (Å²) in [6.45, 7) is 4.70. The highest BCUT2D eigenvalue weighted by Crippen LogP contribution is 2.15. The molecule has 2 aromatic rings. The van der Waals surface area contributed by atoms with Crippen LogP contribution in [-0.2, 0) is 16.1 Å². The lowest BCUT2D eigenvalue weighted by Gasteiger charge is -2.22. The van der Waals surface area contributed by atoms with E-state index in [1.54, 1.807) is 6.20 Å². The monoisotopic (exact) mass is 328 g/mol. The summed E-state index contributed by atoms with van der Waals surface area (Å²) in [6, 6.07) is 9.95. The number of aromatic nitrogens is 2. The largest absolute Gasteiger partial charge is 0.376 e. The summed E-state index contributed by atoms with van der Waals surface area (Å²) in [5, 5.41) is 7.22. The van der Waals surface area contributed by atoms with E-state index in [9.17, 15) is 4.79 Å². The van der Waals surface area contributed by atoms with E-state index in [-0.39, 0.29) is 12.0 Å². The predicted molar refractivity (Wildman–Crippen MR) is 94.2 cm³/mol. The van der Waals surface area contributed by atoms with Crippen molar-refractivity contribution in [2.45, 2.75) is 32.4 Å². The average molecular weight is 328 g/mol. The van der Waals surface area contributed by atoms with Crippen LogP contribution in [0, 0.1) is 0 Å². The van der Waals surface area contributed by atoms with Crippen LogP contribution < -0.4 is 10.2 Å². The molecule has 0 unspecified atom stereocenters. The molecule has 24 heavy (non-hydrogen) atoms. The molecule has 0 aliphatic carbocycles. The van der Waals surface area contributed by atoms with Crippen molar-refractivity contribution < 1.29 is 9.53 Å². The van der Waals surface area contributed by atoms with Crippen LogP contribution >= 0.6 is 0 Å². The minimum Gasteiger partial charge on any atom is -0.376 e. The van der Waals surface area contributed by atoms with E-state index < -0.39 is 0 Å². The minimum atomic E-state index is -0.0441. The number of anilines is 2. The van der Waals surface area contributed by atoms with Crippen molar-refractivity contribution in [3.8, 4) is 0 Å². The van der Waals surface area contributed by atoms with Gasteiger partial charge < -0.3 is 15.0 Å².